The van der Waals surface area contributed by atoms with Crippen molar-refractivity contribution in [3.63, 3.8) is 0 Å². The third-order valence-electron chi connectivity index (χ3n) is 3.27. The van der Waals surface area contributed by atoms with Crippen LogP contribution in [-0.4, -0.2) is 37.0 Å². The van der Waals surface area contributed by atoms with Crippen LogP contribution in [-0.2, 0) is 11.3 Å². The second-order valence-electron chi connectivity index (χ2n) is 5.40. The van der Waals surface area contributed by atoms with Crippen molar-refractivity contribution < 1.29 is 13.9 Å². The molecule has 1 N–H and O–H groups in total. The van der Waals surface area contributed by atoms with Crippen molar-refractivity contribution >= 4 is 5.91 Å². The van der Waals surface area contributed by atoms with E-state index in [0.29, 0.717) is 18.3 Å². The van der Waals surface area contributed by atoms with Crippen LogP contribution < -0.4 is 10.1 Å². The van der Waals surface area contributed by atoms with Gasteiger partial charge in [0.1, 0.15) is 11.6 Å². The minimum absolute atomic E-state index is 0.115. The Morgan fingerprint density at radius 3 is 2.80 bits per heavy atom. The van der Waals surface area contributed by atoms with Crippen molar-refractivity contribution in [3.05, 3.63) is 29.6 Å². The lowest BCUT2D eigenvalue weighted by Crippen LogP contribution is -2.35. The van der Waals surface area contributed by atoms with Gasteiger partial charge in [0, 0.05) is 32.2 Å². The molecule has 1 fully saturated rings. The number of benzene rings is 1. The molecule has 0 aromatic heterocycles. The highest BCUT2D eigenvalue weighted by molar-refractivity contribution is 5.80. The summed E-state index contributed by atoms with van der Waals surface area (Å²) < 4.78 is 19.0. The number of carbonyl (C=O) groups excluding carboxylic acids is 1. The first-order chi connectivity index (χ1) is 9.47. The van der Waals surface area contributed by atoms with Crippen LogP contribution in [0.5, 0.6) is 5.75 Å². The van der Waals surface area contributed by atoms with E-state index in [0.717, 1.165) is 5.56 Å². The van der Waals surface area contributed by atoms with E-state index >= 15 is 0 Å². The molecule has 0 saturated heterocycles. The number of ether oxygens (including phenoxy) is 1. The molecule has 1 aromatic carbocycles. The Hall–Kier alpha value is -1.62. The molecule has 1 aliphatic rings. The third kappa shape index (κ3) is 3.93. The van der Waals surface area contributed by atoms with Crippen LogP contribution in [0.3, 0.4) is 0 Å². The van der Waals surface area contributed by atoms with Crippen LogP contribution in [0.2, 0.25) is 0 Å². The van der Waals surface area contributed by atoms with Gasteiger partial charge in [-0.05, 0) is 38.0 Å². The summed E-state index contributed by atoms with van der Waals surface area (Å²) in [6.45, 7) is 2.25. The molecule has 0 radical (unpaired) electrons. The second-order valence-corrected chi connectivity index (χ2v) is 5.40. The standard InChI is InChI=1S/C15H21FN2O2/c1-10(15(19)18(2)3)20-14-7-4-12(16)8-11(14)9-17-13-5-6-13/h4,7-8,10,13,17H,5-6,9H2,1-3H3. The summed E-state index contributed by atoms with van der Waals surface area (Å²) in [5, 5.41) is 3.32. The Balaban J connectivity index is 2.06. The summed E-state index contributed by atoms with van der Waals surface area (Å²) in [7, 11) is 3.37. The Morgan fingerprint density at radius 2 is 2.20 bits per heavy atom. The quantitative estimate of drug-likeness (QED) is 0.866. The first kappa shape index (κ1) is 14.8. The van der Waals surface area contributed by atoms with Gasteiger partial charge in [-0.25, -0.2) is 4.39 Å². The van der Waals surface area contributed by atoms with Gasteiger partial charge >= 0.3 is 0 Å². The minimum atomic E-state index is -0.588. The van der Waals surface area contributed by atoms with Crippen molar-refractivity contribution in [1.29, 1.82) is 0 Å². The predicted molar refractivity (Wildman–Crippen MR) is 75.0 cm³/mol. The maximum Gasteiger partial charge on any atom is 0.262 e. The number of hydrogen-bond acceptors (Lipinski definition) is 3. The summed E-state index contributed by atoms with van der Waals surface area (Å²) in [6.07, 6.45) is 1.75. The number of nitrogens with zero attached hydrogens (tertiary/aromatic N) is 1. The van der Waals surface area contributed by atoms with E-state index < -0.39 is 6.10 Å². The molecule has 1 aliphatic carbocycles. The maximum absolute atomic E-state index is 13.4. The molecule has 0 heterocycles. The van der Waals surface area contributed by atoms with E-state index in [1.54, 1.807) is 27.1 Å². The zero-order valence-electron chi connectivity index (χ0n) is 12.1. The average molecular weight is 280 g/mol. The highest BCUT2D eigenvalue weighted by Crippen LogP contribution is 2.24. The molecule has 1 atom stereocenters. The number of likely N-dealkylation sites (N-methyl/N-ethyl adjacent to an activating group) is 1. The molecule has 5 heteroatoms. The highest BCUT2D eigenvalue weighted by Gasteiger charge is 2.22. The highest BCUT2D eigenvalue weighted by atomic mass is 19.1. The van der Waals surface area contributed by atoms with Crippen LogP contribution in [0.15, 0.2) is 18.2 Å². The monoisotopic (exact) mass is 280 g/mol. The van der Waals surface area contributed by atoms with Crippen molar-refractivity contribution in [3.8, 4) is 5.75 Å². The van der Waals surface area contributed by atoms with E-state index in [1.165, 1.54) is 29.9 Å². The molecule has 1 amide bonds. The summed E-state index contributed by atoms with van der Waals surface area (Å²) in [4.78, 5) is 13.3. The fourth-order valence-electron chi connectivity index (χ4n) is 1.95. The van der Waals surface area contributed by atoms with Crippen molar-refractivity contribution in [2.75, 3.05) is 14.1 Å². The summed E-state index contributed by atoms with van der Waals surface area (Å²) in [6, 6.07) is 4.92. The molecular formula is C15H21FN2O2. The zero-order valence-corrected chi connectivity index (χ0v) is 12.1. The van der Waals surface area contributed by atoms with Gasteiger partial charge in [-0.2, -0.15) is 0 Å². The maximum atomic E-state index is 13.4. The molecule has 110 valence electrons. The number of carbonyl (C=O) groups is 1. The minimum Gasteiger partial charge on any atom is -0.481 e. The lowest BCUT2D eigenvalue weighted by atomic mass is 10.2. The fourth-order valence-corrected chi connectivity index (χ4v) is 1.95. The number of nitrogens with one attached hydrogen (secondary N) is 1. The smallest absolute Gasteiger partial charge is 0.262 e. The molecule has 1 saturated carbocycles. The SMILES string of the molecule is CC(Oc1ccc(F)cc1CNC1CC1)C(=O)N(C)C. The van der Waals surface area contributed by atoms with Crippen molar-refractivity contribution in [2.45, 2.75) is 38.5 Å². The first-order valence-electron chi connectivity index (χ1n) is 6.87. The molecule has 0 spiro atoms. The van der Waals surface area contributed by atoms with E-state index in [-0.39, 0.29) is 11.7 Å². The van der Waals surface area contributed by atoms with Gasteiger partial charge < -0.3 is 15.0 Å². The Kier molecular flexibility index (Phi) is 4.60. The normalized spacial score (nSPS) is 15.8. The molecule has 1 unspecified atom stereocenters. The molecule has 0 aliphatic heterocycles. The lowest BCUT2D eigenvalue weighted by molar-refractivity contribution is -0.135. The lowest BCUT2D eigenvalue weighted by Gasteiger charge is -2.20. The van der Waals surface area contributed by atoms with Crippen LogP contribution in [0, 0.1) is 5.82 Å². The van der Waals surface area contributed by atoms with E-state index in [9.17, 15) is 9.18 Å². The first-order valence-corrected chi connectivity index (χ1v) is 6.87. The number of rotatable bonds is 6. The van der Waals surface area contributed by atoms with Gasteiger partial charge in [0.15, 0.2) is 6.10 Å². The molecule has 1 aromatic rings. The second kappa shape index (κ2) is 6.22. The average Bonchev–Trinajstić information content (AvgIpc) is 3.21. The van der Waals surface area contributed by atoms with Crippen molar-refractivity contribution in [1.82, 2.24) is 10.2 Å². The molecular weight excluding hydrogens is 259 g/mol. The van der Waals surface area contributed by atoms with Crippen LogP contribution >= 0.6 is 0 Å². The zero-order chi connectivity index (χ0) is 14.7. The Morgan fingerprint density at radius 1 is 1.50 bits per heavy atom. The largest absolute Gasteiger partial charge is 0.481 e. The fraction of sp³-hybridized carbons (Fsp3) is 0.533. The van der Waals surface area contributed by atoms with Crippen LogP contribution in [0.1, 0.15) is 25.3 Å². The van der Waals surface area contributed by atoms with E-state index in [1.807, 2.05) is 0 Å². The van der Waals surface area contributed by atoms with E-state index in [2.05, 4.69) is 5.32 Å². The predicted octanol–water partition coefficient (Wildman–Crippen LogP) is 1.93. The molecule has 2 rings (SSSR count). The van der Waals surface area contributed by atoms with Gasteiger partial charge in [-0.1, -0.05) is 0 Å². The van der Waals surface area contributed by atoms with Crippen molar-refractivity contribution in [2.24, 2.45) is 0 Å². The molecule has 0 bridgehead atoms. The molecule has 4 nitrogen and oxygen atoms in total. The topological polar surface area (TPSA) is 41.6 Å². The number of amides is 1. The van der Waals surface area contributed by atoms with Gasteiger partial charge in [0.05, 0.1) is 0 Å². The van der Waals surface area contributed by atoms with Gasteiger partial charge in [0.25, 0.3) is 5.91 Å². The van der Waals surface area contributed by atoms with E-state index in [4.69, 9.17) is 4.74 Å². The van der Waals surface area contributed by atoms with Gasteiger partial charge in [0.2, 0.25) is 0 Å². The van der Waals surface area contributed by atoms with Gasteiger partial charge in [-0.15, -0.1) is 0 Å². The Labute approximate surface area is 118 Å². The van der Waals surface area contributed by atoms with Crippen LogP contribution in [0.25, 0.3) is 0 Å². The molecule has 20 heavy (non-hydrogen) atoms. The number of halogens is 1. The van der Waals surface area contributed by atoms with Gasteiger partial charge in [-0.3, -0.25) is 4.79 Å². The number of hydrogen-bond donors (Lipinski definition) is 1. The summed E-state index contributed by atoms with van der Waals surface area (Å²) >= 11 is 0. The van der Waals surface area contributed by atoms with Crippen LogP contribution in [0.4, 0.5) is 4.39 Å². The Bertz CT molecular complexity index is 487. The third-order valence-corrected chi connectivity index (χ3v) is 3.27. The summed E-state index contributed by atoms with van der Waals surface area (Å²) in [5.41, 5.74) is 0.746. The summed E-state index contributed by atoms with van der Waals surface area (Å²) in [5.74, 6) is 0.147.